The van der Waals surface area contributed by atoms with Crippen molar-refractivity contribution < 1.29 is 23.9 Å². The minimum Gasteiger partial charge on any atom is -0.465 e. The number of halogens is 1. The molecule has 2 rings (SSSR count). The Bertz CT molecular complexity index is 783. The van der Waals surface area contributed by atoms with Gasteiger partial charge in [0.2, 0.25) is 0 Å². The molecule has 2 aromatic carbocycles. The highest BCUT2D eigenvalue weighted by molar-refractivity contribution is 9.10. The van der Waals surface area contributed by atoms with Gasteiger partial charge in [0, 0.05) is 22.4 Å². The topological polar surface area (TPSA) is 69.7 Å². The Kier molecular flexibility index (Phi) is 8.39. The van der Waals surface area contributed by atoms with Crippen LogP contribution in [0.5, 0.6) is 0 Å². The number of ketones is 1. The number of ether oxygens (including phenoxy) is 2. The molecule has 5 nitrogen and oxygen atoms in total. The molecule has 6 heteroatoms. The normalized spacial score (nSPS) is 11.7. The van der Waals surface area contributed by atoms with Gasteiger partial charge in [-0.3, -0.25) is 14.4 Å². The molecule has 0 saturated heterocycles. The predicted molar refractivity (Wildman–Crippen MR) is 109 cm³/mol. The van der Waals surface area contributed by atoms with E-state index in [-0.39, 0.29) is 25.4 Å². The zero-order valence-corrected chi connectivity index (χ0v) is 17.5. The lowest BCUT2D eigenvalue weighted by Crippen LogP contribution is -2.34. The average molecular weight is 447 g/mol. The number of esters is 2. The summed E-state index contributed by atoms with van der Waals surface area (Å²) in [6.45, 7) is 3.61. The third kappa shape index (κ3) is 5.76. The van der Waals surface area contributed by atoms with E-state index < -0.39 is 23.8 Å². The van der Waals surface area contributed by atoms with Gasteiger partial charge in [-0.2, -0.15) is 0 Å². The Morgan fingerprint density at radius 2 is 1.39 bits per heavy atom. The Hall–Kier alpha value is -2.47. The van der Waals surface area contributed by atoms with E-state index in [0.29, 0.717) is 11.1 Å². The van der Waals surface area contributed by atoms with Crippen molar-refractivity contribution in [3.05, 3.63) is 70.2 Å². The number of carbonyl (C=O) groups is 3. The molecule has 2 aromatic rings. The van der Waals surface area contributed by atoms with Gasteiger partial charge in [-0.25, -0.2) is 0 Å². The van der Waals surface area contributed by atoms with Crippen molar-refractivity contribution >= 4 is 33.7 Å². The van der Waals surface area contributed by atoms with Gasteiger partial charge in [0.15, 0.2) is 11.7 Å². The van der Waals surface area contributed by atoms with Gasteiger partial charge in [0.25, 0.3) is 0 Å². The van der Waals surface area contributed by atoms with Crippen LogP contribution >= 0.6 is 15.9 Å². The maximum atomic E-state index is 12.9. The van der Waals surface area contributed by atoms with E-state index in [9.17, 15) is 14.4 Å². The number of benzene rings is 2. The van der Waals surface area contributed by atoms with Crippen LogP contribution in [-0.4, -0.2) is 30.9 Å². The first-order valence-electron chi connectivity index (χ1n) is 9.14. The summed E-state index contributed by atoms with van der Waals surface area (Å²) in [5.41, 5.74) is 1.22. The summed E-state index contributed by atoms with van der Waals surface area (Å²) in [7, 11) is 0. The third-order valence-corrected chi connectivity index (χ3v) is 4.81. The van der Waals surface area contributed by atoms with Crippen LogP contribution in [0.2, 0.25) is 0 Å². The van der Waals surface area contributed by atoms with Crippen molar-refractivity contribution in [3.8, 4) is 0 Å². The van der Waals surface area contributed by atoms with Gasteiger partial charge < -0.3 is 9.47 Å². The summed E-state index contributed by atoms with van der Waals surface area (Å²) in [6, 6.07) is 16.0. The van der Waals surface area contributed by atoms with Crippen LogP contribution in [0.25, 0.3) is 0 Å². The highest BCUT2D eigenvalue weighted by Crippen LogP contribution is 2.32. The molecule has 0 radical (unpaired) electrons. The molecule has 1 unspecified atom stereocenters. The molecule has 28 heavy (non-hydrogen) atoms. The fourth-order valence-corrected chi connectivity index (χ4v) is 3.23. The van der Waals surface area contributed by atoms with Crippen LogP contribution in [0.3, 0.4) is 0 Å². The summed E-state index contributed by atoms with van der Waals surface area (Å²) in [6.07, 6.45) is -0.0199. The summed E-state index contributed by atoms with van der Waals surface area (Å²) in [4.78, 5) is 38.1. The van der Waals surface area contributed by atoms with E-state index in [2.05, 4.69) is 15.9 Å². The van der Waals surface area contributed by atoms with Crippen molar-refractivity contribution in [1.82, 2.24) is 0 Å². The highest BCUT2D eigenvalue weighted by atomic mass is 79.9. The van der Waals surface area contributed by atoms with Gasteiger partial charge >= 0.3 is 11.9 Å². The van der Waals surface area contributed by atoms with Crippen molar-refractivity contribution in [3.63, 3.8) is 0 Å². The molecule has 0 bridgehead atoms. The molecule has 0 amide bonds. The SMILES string of the molecule is CCOC(=O)C(C(=O)OCC)C(CC(=O)c1ccc(Br)cc1)c1ccccc1. The minimum atomic E-state index is -1.21. The quantitative estimate of drug-likeness (QED) is 0.321. The van der Waals surface area contributed by atoms with Crippen molar-refractivity contribution in [2.75, 3.05) is 13.2 Å². The Morgan fingerprint density at radius 3 is 1.89 bits per heavy atom. The van der Waals surface area contributed by atoms with Crippen LogP contribution in [-0.2, 0) is 19.1 Å². The first kappa shape index (κ1) is 21.8. The molecule has 0 spiro atoms. The second-order valence-electron chi connectivity index (χ2n) is 6.13. The Morgan fingerprint density at radius 1 is 0.857 bits per heavy atom. The zero-order chi connectivity index (χ0) is 20.5. The Balaban J connectivity index is 2.41. The fraction of sp³-hybridized carbons (Fsp3) is 0.318. The minimum absolute atomic E-state index is 0.0199. The van der Waals surface area contributed by atoms with Crippen molar-refractivity contribution in [1.29, 1.82) is 0 Å². The van der Waals surface area contributed by atoms with E-state index in [0.717, 1.165) is 4.47 Å². The molecule has 0 aliphatic heterocycles. The second-order valence-corrected chi connectivity index (χ2v) is 7.05. The predicted octanol–water partition coefficient (Wildman–Crippen LogP) is 4.55. The lowest BCUT2D eigenvalue weighted by molar-refractivity contribution is -0.162. The van der Waals surface area contributed by atoms with E-state index in [4.69, 9.17) is 9.47 Å². The zero-order valence-electron chi connectivity index (χ0n) is 15.9. The maximum absolute atomic E-state index is 12.9. The first-order valence-corrected chi connectivity index (χ1v) is 9.94. The molecule has 0 heterocycles. The molecule has 148 valence electrons. The number of carbonyl (C=O) groups excluding carboxylic acids is 3. The highest BCUT2D eigenvalue weighted by Gasteiger charge is 2.39. The van der Waals surface area contributed by atoms with Crippen LogP contribution in [0.15, 0.2) is 59.1 Å². The summed E-state index contributed by atoms with van der Waals surface area (Å²) < 4.78 is 11.1. The molecular formula is C22H23BrO5. The van der Waals surface area contributed by atoms with Crippen molar-refractivity contribution in [2.45, 2.75) is 26.2 Å². The fourth-order valence-electron chi connectivity index (χ4n) is 2.97. The molecule has 1 atom stereocenters. The van der Waals surface area contributed by atoms with E-state index in [1.54, 1.807) is 62.4 Å². The second kappa shape index (κ2) is 10.8. The lowest BCUT2D eigenvalue weighted by Gasteiger charge is -2.24. The molecule has 0 aromatic heterocycles. The van der Waals surface area contributed by atoms with E-state index in [1.165, 1.54) is 0 Å². The van der Waals surface area contributed by atoms with Crippen LogP contribution in [0.4, 0.5) is 0 Å². The monoisotopic (exact) mass is 446 g/mol. The number of rotatable bonds is 9. The molecule has 0 N–H and O–H groups in total. The van der Waals surface area contributed by atoms with Gasteiger partial charge in [-0.05, 0) is 31.5 Å². The standard InChI is InChI=1S/C22H23BrO5/c1-3-27-21(25)20(22(26)28-4-2)18(15-8-6-5-7-9-15)14-19(24)16-10-12-17(23)13-11-16/h5-13,18,20H,3-4,14H2,1-2H3. The van der Waals surface area contributed by atoms with Crippen LogP contribution < -0.4 is 0 Å². The Labute approximate surface area is 173 Å². The van der Waals surface area contributed by atoms with E-state index in [1.807, 2.05) is 6.07 Å². The maximum Gasteiger partial charge on any atom is 0.320 e. The largest absolute Gasteiger partial charge is 0.465 e. The van der Waals surface area contributed by atoms with E-state index >= 15 is 0 Å². The third-order valence-electron chi connectivity index (χ3n) is 4.28. The average Bonchev–Trinajstić information content (AvgIpc) is 2.69. The van der Waals surface area contributed by atoms with Gasteiger partial charge in [0.1, 0.15) is 0 Å². The summed E-state index contributed by atoms with van der Waals surface area (Å²) in [5, 5.41) is 0. The van der Waals surface area contributed by atoms with Crippen LogP contribution in [0, 0.1) is 5.92 Å². The molecule has 0 aliphatic rings. The number of Topliss-reactive ketones (excluding diaryl/α,β-unsaturated/α-hetero) is 1. The molecule has 0 saturated carbocycles. The summed E-state index contributed by atoms with van der Waals surface area (Å²) in [5.74, 6) is -3.42. The van der Waals surface area contributed by atoms with Gasteiger partial charge in [-0.15, -0.1) is 0 Å². The first-order chi connectivity index (χ1) is 13.5. The number of hydrogen-bond acceptors (Lipinski definition) is 5. The smallest absolute Gasteiger partial charge is 0.320 e. The van der Waals surface area contributed by atoms with Crippen LogP contribution in [0.1, 0.15) is 42.1 Å². The summed E-state index contributed by atoms with van der Waals surface area (Å²) >= 11 is 3.34. The molecule has 0 aliphatic carbocycles. The molecular weight excluding hydrogens is 424 g/mol. The van der Waals surface area contributed by atoms with Gasteiger partial charge in [0.05, 0.1) is 13.2 Å². The lowest BCUT2D eigenvalue weighted by atomic mass is 9.81. The molecule has 0 fully saturated rings. The van der Waals surface area contributed by atoms with Crippen molar-refractivity contribution in [2.24, 2.45) is 5.92 Å². The van der Waals surface area contributed by atoms with Gasteiger partial charge in [-0.1, -0.05) is 58.4 Å². The number of hydrogen-bond donors (Lipinski definition) is 0.